The highest BCUT2D eigenvalue weighted by molar-refractivity contribution is 5.85. The minimum absolute atomic E-state index is 0. The smallest absolute Gasteiger partial charge is 0.00384 e. The van der Waals surface area contributed by atoms with E-state index < -0.39 is 0 Å². The van der Waals surface area contributed by atoms with E-state index in [2.05, 4.69) is 32.6 Å². The molecular formula is C17H38ClN. The van der Waals surface area contributed by atoms with Gasteiger partial charge in [-0.05, 0) is 33.4 Å². The Morgan fingerprint density at radius 2 is 1.11 bits per heavy atom. The molecule has 0 radical (unpaired) electrons. The predicted molar refractivity (Wildman–Crippen MR) is 91.5 cm³/mol. The molecule has 0 saturated carbocycles. The third-order valence-electron chi connectivity index (χ3n) is 3.94. The first-order chi connectivity index (χ1) is 8.72. The van der Waals surface area contributed by atoms with Gasteiger partial charge in [-0.15, -0.1) is 12.4 Å². The van der Waals surface area contributed by atoms with Crippen molar-refractivity contribution in [3.05, 3.63) is 0 Å². The van der Waals surface area contributed by atoms with E-state index in [0.29, 0.717) is 6.04 Å². The molecule has 0 aliphatic heterocycles. The van der Waals surface area contributed by atoms with Crippen molar-refractivity contribution in [3.8, 4) is 0 Å². The lowest BCUT2D eigenvalue weighted by Gasteiger charge is -2.24. The van der Waals surface area contributed by atoms with Gasteiger partial charge in [0, 0.05) is 6.04 Å². The fraction of sp³-hybridized carbons (Fsp3) is 1.00. The van der Waals surface area contributed by atoms with Crippen LogP contribution in [0.3, 0.4) is 0 Å². The lowest BCUT2D eigenvalue weighted by Crippen LogP contribution is -2.31. The summed E-state index contributed by atoms with van der Waals surface area (Å²) in [5.41, 5.74) is 0. The van der Waals surface area contributed by atoms with E-state index in [1.54, 1.807) is 0 Å². The van der Waals surface area contributed by atoms with Crippen molar-refractivity contribution in [3.63, 3.8) is 0 Å². The molecule has 0 spiro atoms. The summed E-state index contributed by atoms with van der Waals surface area (Å²) in [5.74, 6) is 0. The van der Waals surface area contributed by atoms with Crippen molar-refractivity contribution in [1.82, 2.24) is 4.90 Å². The van der Waals surface area contributed by atoms with Gasteiger partial charge < -0.3 is 4.90 Å². The first kappa shape index (κ1) is 21.5. The molecule has 0 aromatic carbocycles. The Labute approximate surface area is 128 Å². The van der Waals surface area contributed by atoms with Gasteiger partial charge >= 0.3 is 0 Å². The molecule has 2 heteroatoms. The van der Waals surface area contributed by atoms with Crippen LogP contribution in [0.2, 0.25) is 0 Å². The zero-order valence-electron chi connectivity index (χ0n) is 13.9. The van der Waals surface area contributed by atoms with Gasteiger partial charge in [-0.25, -0.2) is 0 Å². The minimum Gasteiger partial charge on any atom is -0.301 e. The molecule has 0 rings (SSSR count). The maximum Gasteiger partial charge on any atom is 0.00384 e. The van der Waals surface area contributed by atoms with Crippen LogP contribution in [0.1, 0.15) is 91.9 Å². The van der Waals surface area contributed by atoms with Crippen molar-refractivity contribution in [2.24, 2.45) is 0 Å². The normalized spacial score (nSPS) is 11.1. The van der Waals surface area contributed by atoms with Crippen molar-refractivity contribution in [2.75, 3.05) is 13.1 Å². The molecule has 0 saturated heterocycles. The summed E-state index contributed by atoms with van der Waals surface area (Å²) in [6.07, 6.45) is 14.4. The molecule has 0 heterocycles. The van der Waals surface area contributed by atoms with Crippen LogP contribution in [0, 0.1) is 0 Å². The van der Waals surface area contributed by atoms with Gasteiger partial charge in [0.2, 0.25) is 0 Å². The summed E-state index contributed by atoms with van der Waals surface area (Å²) in [7, 11) is 0. The van der Waals surface area contributed by atoms with E-state index in [0.717, 1.165) is 0 Å². The van der Waals surface area contributed by atoms with Gasteiger partial charge in [0.15, 0.2) is 0 Å². The van der Waals surface area contributed by atoms with Crippen LogP contribution in [0.25, 0.3) is 0 Å². The zero-order valence-corrected chi connectivity index (χ0v) is 14.7. The van der Waals surface area contributed by atoms with Gasteiger partial charge in [0.05, 0.1) is 0 Å². The van der Waals surface area contributed by atoms with Crippen LogP contribution in [-0.2, 0) is 0 Å². The zero-order chi connectivity index (χ0) is 13.6. The van der Waals surface area contributed by atoms with Gasteiger partial charge in [0.1, 0.15) is 0 Å². The van der Waals surface area contributed by atoms with Gasteiger partial charge in [-0.1, -0.05) is 71.6 Å². The first-order valence-corrected chi connectivity index (χ1v) is 8.46. The van der Waals surface area contributed by atoms with Crippen LogP contribution < -0.4 is 0 Å². The summed E-state index contributed by atoms with van der Waals surface area (Å²) in [4.78, 5) is 2.57. The Kier molecular flexibility index (Phi) is 18.5. The van der Waals surface area contributed by atoms with Crippen LogP contribution in [0.15, 0.2) is 0 Å². The summed E-state index contributed by atoms with van der Waals surface area (Å²) in [6.45, 7) is 11.7. The lowest BCUT2D eigenvalue weighted by molar-refractivity contribution is 0.228. The topological polar surface area (TPSA) is 3.24 Å². The Balaban J connectivity index is 0. The molecule has 0 aromatic heterocycles. The molecule has 0 aromatic rings. The molecule has 19 heavy (non-hydrogen) atoms. The molecule has 0 N–H and O–H groups in total. The monoisotopic (exact) mass is 291 g/mol. The SMILES string of the molecule is CCCCCCCCCCCCN(CC)C(C)C.Cl. The van der Waals surface area contributed by atoms with Crippen molar-refractivity contribution in [2.45, 2.75) is 97.9 Å². The van der Waals surface area contributed by atoms with Crippen LogP contribution in [0.4, 0.5) is 0 Å². The molecule has 118 valence electrons. The van der Waals surface area contributed by atoms with Crippen LogP contribution >= 0.6 is 12.4 Å². The van der Waals surface area contributed by atoms with Crippen molar-refractivity contribution in [1.29, 1.82) is 0 Å². The second-order valence-electron chi connectivity index (χ2n) is 5.90. The first-order valence-electron chi connectivity index (χ1n) is 8.46. The molecular weight excluding hydrogens is 254 g/mol. The number of nitrogens with zero attached hydrogens (tertiary/aromatic N) is 1. The highest BCUT2D eigenvalue weighted by Gasteiger charge is 2.05. The van der Waals surface area contributed by atoms with E-state index in [4.69, 9.17) is 0 Å². The number of hydrogen-bond donors (Lipinski definition) is 0. The molecule has 0 fully saturated rings. The van der Waals surface area contributed by atoms with Gasteiger partial charge in [-0.2, -0.15) is 0 Å². The third kappa shape index (κ3) is 14.5. The van der Waals surface area contributed by atoms with Gasteiger partial charge in [-0.3, -0.25) is 0 Å². The molecule has 0 atom stereocenters. The largest absolute Gasteiger partial charge is 0.301 e. The van der Waals surface area contributed by atoms with E-state index in [1.165, 1.54) is 77.3 Å². The maximum atomic E-state index is 2.57. The van der Waals surface area contributed by atoms with Crippen LogP contribution in [0.5, 0.6) is 0 Å². The molecule has 0 aliphatic carbocycles. The lowest BCUT2D eigenvalue weighted by atomic mass is 10.1. The number of unbranched alkanes of at least 4 members (excludes halogenated alkanes) is 9. The third-order valence-corrected chi connectivity index (χ3v) is 3.94. The average Bonchev–Trinajstić information content (AvgIpc) is 2.35. The second-order valence-corrected chi connectivity index (χ2v) is 5.90. The van der Waals surface area contributed by atoms with Crippen molar-refractivity contribution < 1.29 is 0 Å². The van der Waals surface area contributed by atoms with E-state index in [9.17, 15) is 0 Å². The van der Waals surface area contributed by atoms with E-state index in [-0.39, 0.29) is 12.4 Å². The Bertz CT molecular complexity index is 159. The Hall–Kier alpha value is 0.250. The second kappa shape index (κ2) is 16.3. The fourth-order valence-electron chi connectivity index (χ4n) is 2.58. The minimum atomic E-state index is 0. The van der Waals surface area contributed by atoms with Gasteiger partial charge in [0.25, 0.3) is 0 Å². The molecule has 0 unspecified atom stereocenters. The Morgan fingerprint density at radius 3 is 1.47 bits per heavy atom. The summed E-state index contributed by atoms with van der Waals surface area (Å²) in [5, 5.41) is 0. The standard InChI is InChI=1S/C17H37N.ClH/c1-5-7-8-9-10-11-12-13-14-15-16-18(6-2)17(3)4;/h17H,5-16H2,1-4H3;1H. The summed E-state index contributed by atoms with van der Waals surface area (Å²) < 4.78 is 0. The van der Waals surface area contributed by atoms with E-state index in [1.807, 2.05) is 0 Å². The number of hydrogen-bond acceptors (Lipinski definition) is 1. The molecule has 1 nitrogen and oxygen atoms in total. The maximum absolute atomic E-state index is 2.57. The quantitative estimate of drug-likeness (QED) is 0.373. The molecule has 0 bridgehead atoms. The highest BCUT2D eigenvalue weighted by Crippen LogP contribution is 2.11. The number of halogens is 1. The van der Waals surface area contributed by atoms with Crippen LogP contribution in [-0.4, -0.2) is 24.0 Å². The molecule has 0 aliphatic rings. The summed E-state index contributed by atoms with van der Waals surface area (Å²) in [6, 6.07) is 0.716. The van der Waals surface area contributed by atoms with E-state index >= 15 is 0 Å². The predicted octanol–water partition coefficient (Wildman–Crippen LogP) is 6.06. The number of rotatable bonds is 13. The highest BCUT2D eigenvalue weighted by atomic mass is 35.5. The average molecular weight is 292 g/mol. The Morgan fingerprint density at radius 1 is 0.684 bits per heavy atom. The summed E-state index contributed by atoms with van der Waals surface area (Å²) >= 11 is 0. The molecule has 0 amide bonds. The van der Waals surface area contributed by atoms with Crippen molar-refractivity contribution >= 4 is 12.4 Å². The fourth-order valence-corrected chi connectivity index (χ4v) is 2.58.